The second-order valence-corrected chi connectivity index (χ2v) is 5.40. The summed E-state index contributed by atoms with van der Waals surface area (Å²) in [7, 11) is 0. The maximum Gasteiger partial charge on any atom is 0.248 e. The molecule has 1 aromatic rings. The van der Waals surface area contributed by atoms with Gasteiger partial charge in [0.05, 0.1) is 0 Å². The third kappa shape index (κ3) is 5.02. The van der Waals surface area contributed by atoms with Crippen molar-refractivity contribution in [3.05, 3.63) is 35.4 Å². The van der Waals surface area contributed by atoms with Crippen LogP contribution in [0, 0.1) is 5.92 Å². The van der Waals surface area contributed by atoms with E-state index in [2.05, 4.69) is 5.32 Å². The van der Waals surface area contributed by atoms with Gasteiger partial charge in [0.25, 0.3) is 0 Å². The van der Waals surface area contributed by atoms with E-state index in [4.69, 9.17) is 11.5 Å². The molecule has 2 unspecified atom stereocenters. The predicted octanol–water partition coefficient (Wildman–Crippen LogP) is 1.34. The summed E-state index contributed by atoms with van der Waals surface area (Å²) in [5, 5.41) is 2.93. The maximum absolute atomic E-state index is 12.1. The topological polar surface area (TPSA) is 98.2 Å². The van der Waals surface area contributed by atoms with E-state index < -0.39 is 5.91 Å². The van der Waals surface area contributed by atoms with Crippen LogP contribution in [0.1, 0.15) is 41.6 Å². The SMILES string of the molecule is Cl.NC(=O)c1ccc(CNC(=O)C2CCCC(N)C2)cc1. The van der Waals surface area contributed by atoms with E-state index in [1.54, 1.807) is 24.3 Å². The minimum Gasteiger partial charge on any atom is -0.366 e. The monoisotopic (exact) mass is 311 g/mol. The first-order valence-corrected chi connectivity index (χ1v) is 6.98. The van der Waals surface area contributed by atoms with Crippen LogP contribution >= 0.6 is 12.4 Å². The van der Waals surface area contributed by atoms with Gasteiger partial charge in [0.1, 0.15) is 0 Å². The van der Waals surface area contributed by atoms with Crippen molar-refractivity contribution >= 4 is 24.2 Å². The van der Waals surface area contributed by atoms with Gasteiger partial charge in [0.2, 0.25) is 11.8 Å². The van der Waals surface area contributed by atoms with Crippen LogP contribution in [0.25, 0.3) is 0 Å². The number of hydrogen-bond donors (Lipinski definition) is 3. The first kappa shape index (κ1) is 17.5. The van der Waals surface area contributed by atoms with Crippen molar-refractivity contribution in [2.24, 2.45) is 17.4 Å². The Kier molecular flexibility index (Phi) is 6.65. The second-order valence-electron chi connectivity index (χ2n) is 5.40. The smallest absolute Gasteiger partial charge is 0.248 e. The summed E-state index contributed by atoms with van der Waals surface area (Å²) in [5.74, 6) is -0.348. The normalized spacial score (nSPS) is 21.2. The van der Waals surface area contributed by atoms with Crippen LogP contribution < -0.4 is 16.8 Å². The van der Waals surface area contributed by atoms with Gasteiger partial charge in [-0.25, -0.2) is 0 Å². The molecule has 0 heterocycles. The van der Waals surface area contributed by atoms with E-state index >= 15 is 0 Å². The van der Waals surface area contributed by atoms with Gasteiger partial charge >= 0.3 is 0 Å². The highest BCUT2D eigenvalue weighted by Crippen LogP contribution is 2.23. The van der Waals surface area contributed by atoms with Gasteiger partial charge in [-0.1, -0.05) is 18.6 Å². The van der Waals surface area contributed by atoms with E-state index in [0.717, 1.165) is 31.2 Å². The fraction of sp³-hybridized carbons (Fsp3) is 0.467. The first-order valence-electron chi connectivity index (χ1n) is 6.98. The van der Waals surface area contributed by atoms with Crippen molar-refractivity contribution in [1.29, 1.82) is 0 Å². The fourth-order valence-corrected chi connectivity index (χ4v) is 2.59. The molecule has 0 aliphatic heterocycles. The molecular weight excluding hydrogens is 290 g/mol. The third-order valence-corrected chi connectivity index (χ3v) is 3.79. The Morgan fingerprint density at radius 2 is 1.86 bits per heavy atom. The standard InChI is InChI=1S/C15H21N3O2.ClH/c16-13-3-1-2-12(8-13)15(20)18-9-10-4-6-11(7-5-10)14(17)19;/h4-7,12-13H,1-3,8-9,16H2,(H2,17,19)(H,18,20);1H. The number of carbonyl (C=O) groups excluding carboxylic acids is 2. The van der Waals surface area contributed by atoms with Crippen molar-refractivity contribution in [3.8, 4) is 0 Å². The van der Waals surface area contributed by atoms with Crippen molar-refractivity contribution in [2.45, 2.75) is 38.3 Å². The van der Waals surface area contributed by atoms with Crippen molar-refractivity contribution < 1.29 is 9.59 Å². The Bertz CT molecular complexity index is 490. The molecule has 0 spiro atoms. The van der Waals surface area contributed by atoms with Crippen molar-refractivity contribution in [2.75, 3.05) is 0 Å². The lowest BCUT2D eigenvalue weighted by molar-refractivity contribution is -0.126. The van der Waals surface area contributed by atoms with Crippen LogP contribution in [-0.2, 0) is 11.3 Å². The third-order valence-electron chi connectivity index (χ3n) is 3.79. The summed E-state index contributed by atoms with van der Waals surface area (Å²) in [4.78, 5) is 23.0. The highest BCUT2D eigenvalue weighted by atomic mass is 35.5. The van der Waals surface area contributed by atoms with Crippen LogP contribution in [0.15, 0.2) is 24.3 Å². The summed E-state index contributed by atoms with van der Waals surface area (Å²) in [6.45, 7) is 0.462. The molecule has 21 heavy (non-hydrogen) atoms. The molecule has 0 bridgehead atoms. The number of rotatable bonds is 4. The Hall–Kier alpha value is -1.59. The molecule has 0 aromatic heterocycles. The lowest BCUT2D eigenvalue weighted by Crippen LogP contribution is -2.37. The molecular formula is C15H22ClN3O2. The minimum absolute atomic E-state index is 0. The van der Waals surface area contributed by atoms with E-state index in [-0.39, 0.29) is 30.3 Å². The molecule has 116 valence electrons. The van der Waals surface area contributed by atoms with Crippen LogP contribution in [0.3, 0.4) is 0 Å². The molecule has 0 radical (unpaired) electrons. The number of primary amides is 1. The van der Waals surface area contributed by atoms with Gasteiger partial charge < -0.3 is 16.8 Å². The number of benzene rings is 1. The lowest BCUT2D eigenvalue weighted by Gasteiger charge is -2.25. The molecule has 0 saturated heterocycles. The molecule has 1 fully saturated rings. The quantitative estimate of drug-likeness (QED) is 0.782. The van der Waals surface area contributed by atoms with Gasteiger partial charge in [-0.15, -0.1) is 12.4 Å². The number of amides is 2. The molecule has 1 aliphatic rings. The van der Waals surface area contributed by atoms with Gasteiger partial charge in [0.15, 0.2) is 0 Å². The average Bonchev–Trinajstić information content (AvgIpc) is 2.45. The maximum atomic E-state index is 12.1. The number of halogens is 1. The van der Waals surface area contributed by atoms with E-state index in [1.807, 2.05) is 0 Å². The minimum atomic E-state index is -0.447. The number of hydrogen-bond acceptors (Lipinski definition) is 3. The molecule has 2 amide bonds. The summed E-state index contributed by atoms with van der Waals surface area (Å²) < 4.78 is 0. The molecule has 2 atom stereocenters. The number of nitrogens with one attached hydrogen (secondary N) is 1. The molecule has 2 rings (SSSR count). The Labute approximate surface area is 130 Å². The van der Waals surface area contributed by atoms with E-state index in [1.165, 1.54) is 0 Å². The second kappa shape index (κ2) is 8.00. The molecule has 5 nitrogen and oxygen atoms in total. The molecule has 5 N–H and O–H groups in total. The largest absolute Gasteiger partial charge is 0.366 e. The lowest BCUT2D eigenvalue weighted by atomic mass is 9.85. The number of nitrogens with two attached hydrogens (primary N) is 2. The van der Waals surface area contributed by atoms with E-state index in [9.17, 15) is 9.59 Å². The summed E-state index contributed by atoms with van der Waals surface area (Å²) >= 11 is 0. The van der Waals surface area contributed by atoms with Gasteiger partial charge in [-0.05, 0) is 37.0 Å². The number of carbonyl (C=O) groups is 2. The molecule has 1 saturated carbocycles. The Morgan fingerprint density at radius 1 is 1.19 bits per heavy atom. The van der Waals surface area contributed by atoms with Crippen LogP contribution in [0.2, 0.25) is 0 Å². The highest BCUT2D eigenvalue weighted by Gasteiger charge is 2.24. The Morgan fingerprint density at radius 3 is 2.43 bits per heavy atom. The van der Waals surface area contributed by atoms with Gasteiger partial charge in [0, 0.05) is 24.1 Å². The molecule has 6 heteroatoms. The summed E-state index contributed by atoms with van der Waals surface area (Å²) in [5.41, 5.74) is 12.5. The highest BCUT2D eigenvalue weighted by molar-refractivity contribution is 5.92. The van der Waals surface area contributed by atoms with Crippen LogP contribution in [0.4, 0.5) is 0 Å². The zero-order valence-electron chi connectivity index (χ0n) is 11.9. The predicted molar refractivity (Wildman–Crippen MR) is 84.0 cm³/mol. The molecule has 1 aliphatic carbocycles. The van der Waals surface area contributed by atoms with Gasteiger partial charge in [-0.2, -0.15) is 0 Å². The van der Waals surface area contributed by atoms with Crippen molar-refractivity contribution in [3.63, 3.8) is 0 Å². The van der Waals surface area contributed by atoms with Crippen LogP contribution in [0.5, 0.6) is 0 Å². The fourth-order valence-electron chi connectivity index (χ4n) is 2.59. The van der Waals surface area contributed by atoms with Crippen LogP contribution in [-0.4, -0.2) is 17.9 Å². The first-order chi connectivity index (χ1) is 9.56. The zero-order valence-corrected chi connectivity index (χ0v) is 12.7. The van der Waals surface area contributed by atoms with Crippen molar-refractivity contribution in [1.82, 2.24) is 5.32 Å². The zero-order chi connectivity index (χ0) is 14.5. The molecule has 1 aromatic carbocycles. The van der Waals surface area contributed by atoms with Gasteiger partial charge in [-0.3, -0.25) is 9.59 Å². The average molecular weight is 312 g/mol. The Balaban J connectivity index is 0.00000220. The van der Waals surface area contributed by atoms with E-state index in [0.29, 0.717) is 12.1 Å². The summed E-state index contributed by atoms with van der Waals surface area (Å²) in [6, 6.07) is 7.08. The summed E-state index contributed by atoms with van der Waals surface area (Å²) in [6.07, 6.45) is 3.72.